The van der Waals surface area contributed by atoms with E-state index < -0.39 is 44.2 Å². The molecule has 4 aliphatic rings. The maximum absolute atomic E-state index is 12.5. The van der Waals surface area contributed by atoms with Gasteiger partial charge in [-0.2, -0.15) is 0 Å². The third kappa shape index (κ3) is 23.5. The first-order valence-corrected chi connectivity index (χ1v) is 41.0. The first-order chi connectivity index (χ1) is 34.8. The SMILES string of the molecule is CC1CCC(N)CC1.CCC1=C(C)CN(C(=O)NCCc2ccc(S(=O)(=O)NC(=O)NC3CCC(C)CC3)cc2)C1=O.CCC1=C(C)CN(C(=O)NCCc2ccc(S(=O)(=O)NC(=O)OC)cc2)C1=O.I.[I][V]([I])[I]. The number of nitrogens with two attached hydrogens (primary N) is 1. The van der Waals surface area contributed by atoms with E-state index in [1.807, 2.05) is 27.7 Å². The van der Waals surface area contributed by atoms with Gasteiger partial charge in [-0.1, -0.05) is 52.0 Å². The van der Waals surface area contributed by atoms with Gasteiger partial charge in [0.05, 0.1) is 30.0 Å². The zero-order chi connectivity index (χ0) is 55.3. The minimum absolute atomic E-state index is 0. The Kier molecular flexibility index (Phi) is 31.2. The van der Waals surface area contributed by atoms with Crippen molar-refractivity contribution < 1.29 is 55.3 Å². The van der Waals surface area contributed by atoms with Gasteiger partial charge in [0.25, 0.3) is 31.9 Å². The molecular weight excluding hydrogens is 1500 g/mol. The normalized spacial score (nSPS) is 19.5. The second kappa shape index (κ2) is 34.0. The monoisotopic (exact) mass is 1570 g/mol. The number of urea groups is 3. The number of benzene rings is 2. The van der Waals surface area contributed by atoms with Gasteiger partial charge in [0, 0.05) is 36.3 Å². The summed E-state index contributed by atoms with van der Waals surface area (Å²) in [6.45, 7) is 13.1. The Morgan fingerprint density at radius 1 is 0.653 bits per heavy atom. The van der Waals surface area contributed by atoms with Crippen LogP contribution < -0.4 is 31.1 Å². The number of carbonyl (C=O) groups is 6. The molecule has 2 aromatic carbocycles. The third-order valence-electron chi connectivity index (χ3n) is 12.9. The van der Waals surface area contributed by atoms with Gasteiger partial charge in [-0.05, 0) is 149 Å². The summed E-state index contributed by atoms with van der Waals surface area (Å²) in [5, 5.41) is 8.18. The molecule has 9 amide bonds. The molecule has 0 spiro atoms. The van der Waals surface area contributed by atoms with E-state index in [0.29, 0.717) is 68.4 Å². The van der Waals surface area contributed by atoms with Crippen LogP contribution in [0.1, 0.15) is 117 Å². The molecule has 2 aliphatic heterocycles. The summed E-state index contributed by atoms with van der Waals surface area (Å²) < 4.78 is 57.1. The molecule has 0 radical (unpaired) electrons. The number of sulfonamides is 2. The fourth-order valence-electron chi connectivity index (χ4n) is 8.52. The van der Waals surface area contributed by atoms with Crippen LogP contribution >= 0.6 is 83.9 Å². The van der Waals surface area contributed by atoms with Crippen molar-refractivity contribution >= 4 is 140 Å². The second-order valence-corrected chi connectivity index (χ2v) is 57.3. The molecule has 2 aliphatic carbocycles. The quantitative estimate of drug-likeness (QED) is 0.102. The van der Waals surface area contributed by atoms with Crippen LogP contribution in [-0.4, -0.2) is 108 Å². The Morgan fingerprint density at radius 3 is 1.35 bits per heavy atom. The summed E-state index contributed by atoms with van der Waals surface area (Å²) in [6, 6.07) is 10.9. The number of carbonyl (C=O) groups excluding carboxylic acids is 6. The van der Waals surface area contributed by atoms with Crippen molar-refractivity contribution in [1.29, 1.82) is 0 Å². The Bertz CT molecular complexity index is 2530. The number of nitrogens with one attached hydrogen (secondary N) is 5. The van der Waals surface area contributed by atoms with Crippen molar-refractivity contribution in [2.24, 2.45) is 17.6 Å². The van der Waals surface area contributed by atoms with Crippen LogP contribution in [0.15, 0.2) is 80.6 Å². The fraction of sp³-hybridized carbons (Fsp3) is 0.551. The molecule has 0 aromatic heterocycles. The average molecular weight is 1570 g/mol. The molecule has 2 aromatic rings. The van der Waals surface area contributed by atoms with Crippen LogP contribution in [-0.2, 0) is 52.1 Å². The standard InChI is InChI=1S/C24H34N4O5S.C18H23N3O6S.C7H15N.4HI.V/c1-4-21-17(3)15-28(22(21)29)24(31)25-14-13-18-7-11-20(12-8-18)34(32,33)27-23(30)26-19-9-5-16(2)6-10-19;1-4-15-12(2)11-21(16(15)22)17(23)19-10-9-13-5-7-14(8-6-13)28(25,26)20-18(24)27-3;1-6-2-4-7(8)5-3-6;;;;;/h7-8,11-12,16,19H,4-6,9-10,13-15H2,1-3H3,(H,25,31)(H2,26,27,30);5-8H,4,9-11H2,1-3H3,(H,19,23)(H,20,24);6-7H,2-5,8H2,1H3;4*1H;/q;;;;;;;+3/p-3. The molecular formula is C49H73I4N8O11S2V. The number of hydrogen-bond acceptors (Lipinski definition) is 12. The Balaban J connectivity index is 0.000000420. The van der Waals surface area contributed by atoms with E-state index in [9.17, 15) is 45.6 Å². The van der Waals surface area contributed by atoms with Crippen LogP contribution in [0.5, 0.6) is 0 Å². The Labute approximate surface area is 498 Å². The number of amides is 9. The van der Waals surface area contributed by atoms with Crippen molar-refractivity contribution in [2.75, 3.05) is 33.3 Å². The molecule has 6 rings (SSSR count). The topological polar surface area (TPSA) is 273 Å². The van der Waals surface area contributed by atoms with Crippen LogP contribution in [0.2, 0.25) is 0 Å². The van der Waals surface area contributed by atoms with E-state index in [1.54, 1.807) is 29.0 Å². The molecule has 0 atom stereocenters. The van der Waals surface area contributed by atoms with Gasteiger partial charge in [0.2, 0.25) is 0 Å². The zero-order valence-electron chi connectivity index (χ0n) is 43.5. The molecule has 0 bridgehead atoms. The van der Waals surface area contributed by atoms with E-state index in [0.717, 1.165) is 61.0 Å². The Morgan fingerprint density at radius 2 is 1.01 bits per heavy atom. The first kappa shape index (κ1) is 68.8. The minimum atomic E-state index is -4.00. The van der Waals surface area contributed by atoms with Crippen LogP contribution in [0.25, 0.3) is 0 Å². The van der Waals surface area contributed by atoms with Gasteiger partial charge in [0.15, 0.2) is 0 Å². The molecule has 7 N–H and O–H groups in total. The van der Waals surface area contributed by atoms with Crippen LogP contribution in [0.3, 0.4) is 0 Å². The van der Waals surface area contributed by atoms with Crippen molar-refractivity contribution in [3.63, 3.8) is 0 Å². The predicted octanol–water partition coefficient (Wildman–Crippen LogP) is 9.42. The van der Waals surface area contributed by atoms with E-state index in [-0.39, 0.29) is 63.1 Å². The third-order valence-corrected chi connectivity index (χ3v) is 15.6. The van der Waals surface area contributed by atoms with Gasteiger partial charge in [-0.15, -0.1) is 24.0 Å². The van der Waals surface area contributed by atoms with Gasteiger partial charge >= 0.3 is 89.0 Å². The molecule has 420 valence electrons. The molecule has 75 heavy (non-hydrogen) atoms. The molecule has 2 heterocycles. The van der Waals surface area contributed by atoms with Gasteiger partial charge in [0.1, 0.15) is 0 Å². The number of imide groups is 2. The van der Waals surface area contributed by atoms with Gasteiger partial charge in [-0.3, -0.25) is 19.4 Å². The number of ether oxygens (including phenoxy) is 1. The summed E-state index contributed by atoms with van der Waals surface area (Å²) in [7, 11) is -6.91. The molecule has 0 unspecified atom stereocenters. The molecule has 2 saturated carbocycles. The Hall–Kier alpha value is -2.30. The van der Waals surface area contributed by atoms with Crippen LogP contribution in [0, 0.1) is 11.8 Å². The summed E-state index contributed by atoms with van der Waals surface area (Å²) in [5.74, 6) is 1.07. The summed E-state index contributed by atoms with van der Waals surface area (Å²) >= 11 is 7.39. The summed E-state index contributed by atoms with van der Waals surface area (Å²) in [5.41, 5.74) is 10.5. The molecule has 2 fully saturated rings. The van der Waals surface area contributed by atoms with Crippen molar-refractivity contribution in [3.8, 4) is 0 Å². The summed E-state index contributed by atoms with van der Waals surface area (Å²) in [6.07, 6.45) is 9.97. The first-order valence-electron chi connectivity index (χ1n) is 24.5. The number of methoxy groups -OCH3 is 1. The van der Waals surface area contributed by atoms with Crippen molar-refractivity contribution in [1.82, 2.24) is 35.2 Å². The number of hydrogen-bond donors (Lipinski definition) is 6. The second-order valence-electron chi connectivity index (χ2n) is 18.6. The van der Waals surface area contributed by atoms with Crippen molar-refractivity contribution in [2.45, 2.75) is 140 Å². The van der Waals surface area contributed by atoms with E-state index in [4.69, 9.17) is 5.73 Å². The van der Waals surface area contributed by atoms with Crippen molar-refractivity contribution in [3.05, 3.63) is 82.0 Å². The predicted molar refractivity (Wildman–Crippen MR) is 323 cm³/mol. The average Bonchev–Trinajstić information content (AvgIpc) is 3.81. The zero-order valence-corrected chi connectivity index (χ0v) is 55.3. The number of nitrogens with zero attached hydrogens (tertiary/aromatic N) is 2. The fourth-order valence-corrected chi connectivity index (χ4v) is 10.3. The van der Waals surface area contributed by atoms with E-state index in [1.165, 1.54) is 59.7 Å². The molecule has 19 nitrogen and oxygen atoms in total. The maximum atomic E-state index is 12.5. The van der Waals surface area contributed by atoms with E-state index >= 15 is 0 Å². The van der Waals surface area contributed by atoms with E-state index in [2.05, 4.69) is 99.2 Å². The number of rotatable bonds is 13. The van der Waals surface area contributed by atoms with Crippen LogP contribution in [0.4, 0.5) is 19.2 Å². The number of halogens is 4. The molecule has 26 heteroatoms. The summed E-state index contributed by atoms with van der Waals surface area (Å²) in [4.78, 5) is 74.3. The van der Waals surface area contributed by atoms with Gasteiger partial charge in [-0.25, -0.2) is 45.5 Å². The van der Waals surface area contributed by atoms with Gasteiger partial charge < -0.3 is 26.4 Å². The molecule has 0 saturated heterocycles.